The quantitative estimate of drug-likeness (QED) is 0.731. The number of carboxylic acid groups (broad SMARTS) is 1. The predicted octanol–water partition coefficient (Wildman–Crippen LogP) is 1.61. The zero-order chi connectivity index (χ0) is 15.7. The second-order valence-electron chi connectivity index (χ2n) is 7.25. The molecule has 1 rings (SSSR count). The molecule has 1 aliphatic rings. The molecule has 0 saturated heterocycles. The maximum absolute atomic E-state index is 12.2. The molecule has 0 radical (unpaired) electrons. The van der Waals surface area contributed by atoms with Crippen molar-refractivity contribution in [1.82, 2.24) is 5.32 Å². The lowest BCUT2D eigenvalue weighted by atomic mass is 9.61. The first-order chi connectivity index (χ1) is 9.04. The van der Waals surface area contributed by atoms with Crippen LogP contribution in [0.1, 0.15) is 47.5 Å². The summed E-state index contributed by atoms with van der Waals surface area (Å²) in [6.07, 6.45) is 1.30. The smallest absolute Gasteiger partial charge is 0.307 e. The molecule has 3 atom stereocenters. The van der Waals surface area contributed by atoms with Crippen LogP contribution in [-0.2, 0) is 9.59 Å². The maximum atomic E-state index is 12.2. The molecule has 5 nitrogen and oxygen atoms in total. The molecular weight excluding hydrogens is 256 g/mol. The monoisotopic (exact) mass is 284 g/mol. The molecule has 0 aliphatic heterocycles. The van der Waals surface area contributed by atoms with E-state index in [1.165, 1.54) is 0 Å². The molecule has 1 amide bonds. The number of carbonyl (C=O) groups excluding carboxylic acids is 1. The molecule has 0 spiro atoms. The lowest BCUT2D eigenvalue weighted by Gasteiger charge is -2.46. The molecule has 0 aromatic rings. The second-order valence-corrected chi connectivity index (χ2v) is 7.25. The van der Waals surface area contributed by atoms with Crippen LogP contribution in [0.4, 0.5) is 0 Å². The highest BCUT2D eigenvalue weighted by Gasteiger charge is 2.47. The summed E-state index contributed by atoms with van der Waals surface area (Å²) in [5.74, 6) is -1.04. The van der Waals surface area contributed by atoms with Crippen LogP contribution in [0, 0.1) is 22.7 Å². The van der Waals surface area contributed by atoms with Gasteiger partial charge in [0, 0.05) is 12.6 Å². The van der Waals surface area contributed by atoms with Crippen LogP contribution in [0.5, 0.6) is 0 Å². The van der Waals surface area contributed by atoms with E-state index in [2.05, 4.69) is 5.32 Å². The van der Waals surface area contributed by atoms with Crippen molar-refractivity contribution in [3.8, 4) is 0 Å². The largest absolute Gasteiger partial charge is 0.481 e. The van der Waals surface area contributed by atoms with Gasteiger partial charge in [-0.15, -0.1) is 0 Å². The number of amides is 1. The fraction of sp³-hybridized carbons (Fsp3) is 0.867. The van der Waals surface area contributed by atoms with Gasteiger partial charge in [-0.3, -0.25) is 9.59 Å². The summed E-state index contributed by atoms with van der Waals surface area (Å²) in [4.78, 5) is 23.6. The average molecular weight is 284 g/mol. The van der Waals surface area contributed by atoms with Gasteiger partial charge in [0.1, 0.15) is 0 Å². The van der Waals surface area contributed by atoms with Crippen LogP contribution in [0.3, 0.4) is 0 Å². The Hall–Kier alpha value is -1.10. The van der Waals surface area contributed by atoms with Gasteiger partial charge >= 0.3 is 5.97 Å². The van der Waals surface area contributed by atoms with E-state index in [1.807, 2.05) is 34.6 Å². The van der Waals surface area contributed by atoms with Crippen LogP contribution in [0.25, 0.3) is 0 Å². The first kappa shape index (κ1) is 17.0. The highest BCUT2D eigenvalue weighted by molar-refractivity contribution is 5.82. The third kappa shape index (κ3) is 3.14. The van der Waals surface area contributed by atoms with E-state index in [-0.39, 0.29) is 29.2 Å². The topological polar surface area (TPSA) is 92.4 Å². The van der Waals surface area contributed by atoms with E-state index < -0.39 is 11.4 Å². The lowest BCUT2D eigenvalue weighted by molar-refractivity contribution is -0.150. The van der Waals surface area contributed by atoms with Crippen LogP contribution in [0.2, 0.25) is 0 Å². The van der Waals surface area contributed by atoms with Gasteiger partial charge in [-0.1, -0.05) is 20.8 Å². The standard InChI is InChI=1S/C15H28N2O3/c1-9-11(17-13(20)14(2,3)8-16)7-6-10(12(18)19)15(9,4)5/h9-11H,6-8,16H2,1-5H3,(H,17,20)(H,18,19). The van der Waals surface area contributed by atoms with Crippen LogP contribution >= 0.6 is 0 Å². The molecule has 0 aromatic heterocycles. The molecular formula is C15H28N2O3. The SMILES string of the molecule is CC1C(NC(=O)C(C)(C)CN)CCC(C(=O)O)C1(C)C. The third-order valence-electron chi connectivity index (χ3n) is 5.18. The molecule has 116 valence electrons. The van der Waals surface area contributed by atoms with Gasteiger partial charge in [0.25, 0.3) is 0 Å². The summed E-state index contributed by atoms with van der Waals surface area (Å²) in [6, 6.07) is 0.0129. The number of nitrogens with one attached hydrogen (secondary N) is 1. The van der Waals surface area contributed by atoms with Gasteiger partial charge in [0.05, 0.1) is 11.3 Å². The van der Waals surface area contributed by atoms with Crippen molar-refractivity contribution in [2.45, 2.75) is 53.5 Å². The second kappa shape index (κ2) is 5.72. The number of rotatable bonds is 4. The summed E-state index contributed by atoms with van der Waals surface area (Å²) < 4.78 is 0. The number of aliphatic carboxylic acids is 1. The molecule has 3 unspecified atom stereocenters. The molecule has 5 heteroatoms. The van der Waals surface area contributed by atoms with Crippen molar-refractivity contribution in [2.24, 2.45) is 28.4 Å². The molecule has 1 saturated carbocycles. The summed E-state index contributed by atoms with van der Waals surface area (Å²) in [7, 11) is 0. The average Bonchev–Trinajstić information content (AvgIpc) is 2.34. The maximum Gasteiger partial charge on any atom is 0.307 e. The summed E-state index contributed by atoms with van der Waals surface area (Å²) in [5, 5.41) is 12.4. The number of carboxylic acids is 1. The number of nitrogens with two attached hydrogens (primary N) is 1. The van der Waals surface area contributed by atoms with Crippen molar-refractivity contribution in [3.05, 3.63) is 0 Å². The summed E-state index contributed by atoms with van der Waals surface area (Å²) in [6.45, 7) is 9.91. The van der Waals surface area contributed by atoms with Crippen molar-refractivity contribution >= 4 is 11.9 Å². The van der Waals surface area contributed by atoms with E-state index in [9.17, 15) is 14.7 Å². The minimum absolute atomic E-state index is 0.0129. The van der Waals surface area contributed by atoms with E-state index in [0.29, 0.717) is 19.4 Å². The molecule has 1 aliphatic carbocycles. The van der Waals surface area contributed by atoms with Crippen LogP contribution in [0.15, 0.2) is 0 Å². The Morgan fingerprint density at radius 1 is 1.35 bits per heavy atom. The molecule has 0 aromatic carbocycles. The third-order valence-corrected chi connectivity index (χ3v) is 5.18. The van der Waals surface area contributed by atoms with Crippen molar-refractivity contribution in [1.29, 1.82) is 0 Å². The molecule has 4 N–H and O–H groups in total. The number of carbonyl (C=O) groups is 2. The van der Waals surface area contributed by atoms with Gasteiger partial charge in [-0.2, -0.15) is 0 Å². The Balaban J connectivity index is 2.81. The van der Waals surface area contributed by atoms with E-state index in [4.69, 9.17) is 5.73 Å². The highest BCUT2D eigenvalue weighted by Crippen LogP contribution is 2.45. The zero-order valence-electron chi connectivity index (χ0n) is 13.2. The zero-order valence-corrected chi connectivity index (χ0v) is 13.2. The summed E-state index contributed by atoms with van der Waals surface area (Å²) in [5.41, 5.74) is 4.70. The summed E-state index contributed by atoms with van der Waals surface area (Å²) >= 11 is 0. The Bertz CT molecular complexity index is 391. The van der Waals surface area contributed by atoms with E-state index >= 15 is 0 Å². The van der Waals surface area contributed by atoms with Gasteiger partial charge in [0.15, 0.2) is 0 Å². The van der Waals surface area contributed by atoms with Crippen LogP contribution in [-0.4, -0.2) is 29.6 Å². The van der Waals surface area contributed by atoms with Crippen molar-refractivity contribution in [3.63, 3.8) is 0 Å². The Labute approximate surface area is 121 Å². The van der Waals surface area contributed by atoms with Gasteiger partial charge in [0.2, 0.25) is 5.91 Å². The molecule has 1 fully saturated rings. The first-order valence-corrected chi connectivity index (χ1v) is 7.28. The highest BCUT2D eigenvalue weighted by atomic mass is 16.4. The van der Waals surface area contributed by atoms with Gasteiger partial charge in [-0.25, -0.2) is 0 Å². The predicted molar refractivity (Wildman–Crippen MR) is 78.1 cm³/mol. The molecule has 0 heterocycles. The Kier molecular flexibility index (Phi) is 4.85. The van der Waals surface area contributed by atoms with Crippen LogP contribution < -0.4 is 11.1 Å². The Morgan fingerprint density at radius 2 is 1.90 bits per heavy atom. The van der Waals surface area contributed by atoms with Crippen molar-refractivity contribution < 1.29 is 14.7 Å². The Morgan fingerprint density at radius 3 is 2.35 bits per heavy atom. The van der Waals surface area contributed by atoms with Gasteiger partial charge in [-0.05, 0) is 38.0 Å². The van der Waals surface area contributed by atoms with Crippen molar-refractivity contribution in [2.75, 3.05) is 6.54 Å². The molecule has 20 heavy (non-hydrogen) atoms. The minimum Gasteiger partial charge on any atom is -0.481 e. The van der Waals surface area contributed by atoms with E-state index in [1.54, 1.807) is 0 Å². The minimum atomic E-state index is -0.742. The van der Waals surface area contributed by atoms with Gasteiger partial charge < -0.3 is 16.2 Å². The number of hydrogen-bond donors (Lipinski definition) is 3. The van der Waals surface area contributed by atoms with E-state index in [0.717, 1.165) is 0 Å². The fourth-order valence-corrected chi connectivity index (χ4v) is 2.90. The lowest BCUT2D eigenvalue weighted by Crippen LogP contribution is -2.55. The fourth-order valence-electron chi connectivity index (χ4n) is 2.90. The number of hydrogen-bond acceptors (Lipinski definition) is 3. The first-order valence-electron chi connectivity index (χ1n) is 7.28. The normalized spacial score (nSPS) is 29.8. The molecule has 0 bridgehead atoms.